The van der Waals surface area contributed by atoms with E-state index in [4.69, 9.17) is 0 Å². The first-order chi connectivity index (χ1) is 9.34. The van der Waals surface area contributed by atoms with Gasteiger partial charge in [0.05, 0.1) is 6.54 Å². The molecule has 0 atom stereocenters. The second kappa shape index (κ2) is 8.19. The van der Waals surface area contributed by atoms with E-state index in [1.807, 2.05) is 29.1 Å². The molecule has 19 heavy (non-hydrogen) atoms. The number of thiazole rings is 1. The van der Waals surface area contributed by atoms with Crippen molar-refractivity contribution in [3.63, 3.8) is 0 Å². The van der Waals surface area contributed by atoms with E-state index in [-0.39, 0.29) is 6.03 Å². The van der Waals surface area contributed by atoms with Gasteiger partial charge in [0.15, 0.2) is 0 Å². The maximum atomic E-state index is 11.5. The maximum absolute atomic E-state index is 11.5. The predicted octanol–water partition coefficient (Wildman–Crippen LogP) is 3.19. The fourth-order valence-corrected chi connectivity index (χ4v) is 3.65. The molecule has 0 radical (unpaired) electrons. The number of rotatable bonds is 7. The van der Waals surface area contributed by atoms with Gasteiger partial charge < -0.3 is 10.6 Å². The number of carbonyl (C=O) groups is 1. The Morgan fingerprint density at radius 1 is 1.32 bits per heavy atom. The average molecular weight is 313 g/mol. The van der Waals surface area contributed by atoms with Crippen LogP contribution < -0.4 is 10.6 Å². The van der Waals surface area contributed by atoms with Crippen LogP contribution in [-0.2, 0) is 6.54 Å². The first kappa shape index (κ1) is 14.4. The van der Waals surface area contributed by atoms with Crippen molar-refractivity contribution < 1.29 is 4.79 Å². The van der Waals surface area contributed by atoms with Gasteiger partial charge in [-0.25, -0.2) is 9.78 Å². The van der Waals surface area contributed by atoms with Crippen LogP contribution in [0.25, 0.3) is 0 Å². The summed E-state index contributed by atoms with van der Waals surface area (Å²) in [5.41, 5.74) is 0. The predicted molar refractivity (Wildman–Crippen MR) is 82.0 cm³/mol. The summed E-state index contributed by atoms with van der Waals surface area (Å²) in [4.78, 5) is 16.8. The van der Waals surface area contributed by atoms with Gasteiger partial charge in [-0.3, -0.25) is 0 Å². The van der Waals surface area contributed by atoms with Crippen molar-refractivity contribution >= 4 is 40.5 Å². The molecule has 7 heteroatoms. The standard InChI is InChI=1S/C12H15N3OS3/c16-11(15-9-10-3-1-6-17-10)13-4-2-7-18-12-14-5-8-19-12/h1,3,5-6,8H,2,4,7,9H2,(H2,13,15,16). The molecule has 2 aromatic rings. The van der Waals surface area contributed by atoms with Crippen LogP contribution in [-0.4, -0.2) is 23.3 Å². The molecule has 0 aliphatic carbocycles. The van der Waals surface area contributed by atoms with Crippen molar-refractivity contribution in [2.75, 3.05) is 12.3 Å². The number of hydrogen-bond donors (Lipinski definition) is 2. The minimum absolute atomic E-state index is 0.104. The summed E-state index contributed by atoms with van der Waals surface area (Å²) >= 11 is 5.02. The Hall–Kier alpha value is -1.05. The molecule has 0 fully saturated rings. The van der Waals surface area contributed by atoms with E-state index in [0.717, 1.165) is 21.4 Å². The number of urea groups is 1. The number of nitrogens with one attached hydrogen (secondary N) is 2. The SMILES string of the molecule is O=C(NCCCSc1nccs1)NCc1cccs1. The summed E-state index contributed by atoms with van der Waals surface area (Å²) in [6.07, 6.45) is 2.75. The highest BCUT2D eigenvalue weighted by Gasteiger charge is 2.01. The molecule has 2 aromatic heterocycles. The quantitative estimate of drug-likeness (QED) is 0.610. The fraction of sp³-hybridized carbons (Fsp3) is 0.333. The molecule has 0 aromatic carbocycles. The third-order valence-corrected chi connectivity index (χ3v) is 5.17. The van der Waals surface area contributed by atoms with Gasteiger partial charge in [-0.1, -0.05) is 17.8 Å². The van der Waals surface area contributed by atoms with E-state index in [1.54, 1.807) is 34.4 Å². The Labute approximate surface area is 124 Å². The van der Waals surface area contributed by atoms with Crippen molar-refractivity contribution in [2.45, 2.75) is 17.3 Å². The third kappa shape index (κ3) is 5.63. The van der Waals surface area contributed by atoms with E-state index in [9.17, 15) is 4.79 Å². The molecule has 0 aliphatic rings. The summed E-state index contributed by atoms with van der Waals surface area (Å²) in [5.74, 6) is 0.971. The second-order valence-electron chi connectivity index (χ2n) is 3.69. The molecule has 0 saturated heterocycles. The van der Waals surface area contributed by atoms with Crippen LogP contribution in [0.15, 0.2) is 33.4 Å². The van der Waals surface area contributed by atoms with Crippen LogP contribution in [0.4, 0.5) is 4.79 Å². The van der Waals surface area contributed by atoms with Crippen LogP contribution in [0.3, 0.4) is 0 Å². The highest BCUT2D eigenvalue weighted by molar-refractivity contribution is 8.00. The van der Waals surface area contributed by atoms with E-state index in [0.29, 0.717) is 13.1 Å². The molecule has 4 nitrogen and oxygen atoms in total. The van der Waals surface area contributed by atoms with E-state index < -0.39 is 0 Å². The highest BCUT2D eigenvalue weighted by Crippen LogP contribution is 2.20. The monoisotopic (exact) mass is 313 g/mol. The smallest absolute Gasteiger partial charge is 0.315 e. The lowest BCUT2D eigenvalue weighted by molar-refractivity contribution is 0.240. The Morgan fingerprint density at radius 3 is 3.00 bits per heavy atom. The zero-order valence-corrected chi connectivity index (χ0v) is 12.7. The molecular weight excluding hydrogens is 298 g/mol. The van der Waals surface area contributed by atoms with Crippen LogP contribution in [0.2, 0.25) is 0 Å². The minimum atomic E-state index is -0.104. The Balaban J connectivity index is 1.49. The van der Waals surface area contributed by atoms with Gasteiger partial charge in [0.1, 0.15) is 4.34 Å². The molecular formula is C12H15N3OS3. The van der Waals surface area contributed by atoms with E-state index in [2.05, 4.69) is 15.6 Å². The van der Waals surface area contributed by atoms with Crippen LogP contribution >= 0.6 is 34.4 Å². The van der Waals surface area contributed by atoms with Gasteiger partial charge in [0.2, 0.25) is 0 Å². The number of thioether (sulfide) groups is 1. The number of thiophene rings is 1. The van der Waals surface area contributed by atoms with Crippen LogP contribution in [0.5, 0.6) is 0 Å². The molecule has 102 valence electrons. The average Bonchev–Trinajstić information content (AvgIpc) is 3.09. The van der Waals surface area contributed by atoms with Crippen LogP contribution in [0.1, 0.15) is 11.3 Å². The molecule has 2 heterocycles. The first-order valence-corrected chi connectivity index (χ1v) is 8.65. The number of carbonyl (C=O) groups excluding carboxylic acids is 1. The van der Waals surface area contributed by atoms with Gasteiger partial charge in [-0.15, -0.1) is 22.7 Å². The Bertz CT molecular complexity index is 470. The van der Waals surface area contributed by atoms with Crippen molar-refractivity contribution in [3.05, 3.63) is 34.0 Å². The summed E-state index contributed by atoms with van der Waals surface area (Å²) in [6, 6.07) is 3.89. The molecule has 0 spiro atoms. The number of nitrogens with zero attached hydrogens (tertiary/aromatic N) is 1. The fourth-order valence-electron chi connectivity index (χ4n) is 1.36. The van der Waals surface area contributed by atoms with Crippen molar-refractivity contribution in [1.29, 1.82) is 0 Å². The van der Waals surface area contributed by atoms with Gasteiger partial charge in [0.25, 0.3) is 0 Å². The maximum Gasteiger partial charge on any atom is 0.315 e. The molecule has 0 bridgehead atoms. The minimum Gasteiger partial charge on any atom is -0.338 e. The number of amides is 2. The van der Waals surface area contributed by atoms with Crippen molar-refractivity contribution in [1.82, 2.24) is 15.6 Å². The van der Waals surface area contributed by atoms with E-state index in [1.165, 1.54) is 0 Å². The lowest BCUT2D eigenvalue weighted by atomic mass is 10.4. The number of hydrogen-bond acceptors (Lipinski definition) is 5. The van der Waals surface area contributed by atoms with Crippen molar-refractivity contribution in [3.8, 4) is 0 Å². The van der Waals surface area contributed by atoms with Crippen molar-refractivity contribution in [2.24, 2.45) is 0 Å². The Kier molecular flexibility index (Phi) is 6.19. The molecule has 2 rings (SSSR count). The number of aromatic nitrogens is 1. The molecule has 2 N–H and O–H groups in total. The summed E-state index contributed by atoms with van der Waals surface area (Å²) in [7, 11) is 0. The van der Waals surface area contributed by atoms with Gasteiger partial charge in [-0.05, 0) is 17.9 Å². The van der Waals surface area contributed by atoms with Gasteiger partial charge in [0, 0.05) is 28.8 Å². The van der Waals surface area contributed by atoms with Crippen LogP contribution in [0, 0.1) is 0 Å². The lowest BCUT2D eigenvalue weighted by Gasteiger charge is -2.06. The molecule has 0 saturated carbocycles. The van der Waals surface area contributed by atoms with Gasteiger partial charge in [-0.2, -0.15) is 0 Å². The summed E-state index contributed by atoms with van der Waals surface area (Å²) in [6.45, 7) is 1.28. The second-order valence-corrected chi connectivity index (χ2v) is 6.96. The lowest BCUT2D eigenvalue weighted by Crippen LogP contribution is -2.35. The topological polar surface area (TPSA) is 54.0 Å². The largest absolute Gasteiger partial charge is 0.338 e. The summed E-state index contributed by atoms with van der Waals surface area (Å²) in [5, 5.41) is 9.66. The third-order valence-electron chi connectivity index (χ3n) is 2.25. The Morgan fingerprint density at radius 2 is 2.26 bits per heavy atom. The zero-order valence-electron chi connectivity index (χ0n) is 10.3. The highest BCUT2D eigenvalue weighted by atomic mass is 32.2. The van der Waals surface area contributed by atoms with Gasteiger partial charge >= 0.3 is 6.03 Å². The molecule has 0 aliphatic heterocycles. The first-order valence-electron chi connectivity index (χ1n) is 5.91. The molecule has 0 unspecified atom stereocenters. The molecule has 2 amide bonds. The van der Waals surface area contributed by atoms with E-state index >= 15 is 0 Å². The normalized spacial score (nSPS) is 10.3. The summed E-state index contributed by atoms with van der Waals surface area (Å²) < 4.78 is 1.09. The zero-order chi connectivity index (χ0) is 13.3.